The van der Waals surface area contributed by atoms with Crippen LogP contribution in [0.1, 0.15) is 32.3 Å². The van der Waals surface area contributed by atoms with Gasteiger partial charge in [-0.15, -0.1) is 0 Å². The van der Waals surface area contributed by atoms with Crippen LogP contribution in [-0.4, -0.2) is 24.5 Å². The summed E-state index contributed by atoms with van der Waals surface area (Å²) in [7, 11) is 0. The molecule has 0 saturated carbocycles. The molecule has 0 amide bonds. The summed E-state index contributed by atoms with van der Waals surface area (Å²) in [5.41, 5.74) is 1.52. The summed E-state index contributed by atoms with van der Waals surface area (Å²) >= 11 is 0. The maximum atomic E-state index is 12.9. The summed E-state index contributed by atoms with van der Waals surface area (Å²) in [6.45, 7) is 7.96. The van der Waals surface area contributed by atoms with Gasteiger partial charge in [-0.25, -0.2) is 4.39 Å². The molecule has 2 heteroatoms. The van der Waals surface area contributed by atoms with E-state index in [4.69, 9.17) is 0 Å². The molecule has 1 heterocycles. The Labute approximate surface area is 97.3 Å². The Bertz CT molecular complexity index is 336. The number of hydrogen-bond donors (Lipinski definition) is 0. The molecule has 88 valence electrons. The minimum absolute atomic E-state index is 0.140. The molecule has 1 nitrogen and oxygen atoms in total. The number of piperidine rings is 1. The average Bonchev–Trinajstić information content (AvgIpc) is 2.31. The fraction of sp³-hybridized carbons (Fsp3) is 0.571. The minimum Gasteiger partial charge on any atom is -0.304 e. The first-order valence-corrected chi connectivity index (χ1v) is 6.12. The molecular formula is C14H20FN. The topological polar surface area (TPSA) is 3.24 Å². The van der Waals surface area contributed by atoms with Crippen molar-refractivity contribution in [1.29, 1.82) is 0 Å². The molecule has 0 N–H and O–H groups in total. The van der Waals surface area contributed by atoms with Crippen LogP contribution in [0.15, 0.2) is 24.3 Å². The van der Waals surface area contributed by atoms with Gasteiger partial charge in [-0.2, -0.15) is 0 Å². The highest BCUT2D eigenvalue weighted by Crippen LogP contribution is 2.34. The molecule has 0 atom stereocenters. The van der Waals surface area contributed by atoms with E-state index >= 15 is 0 Å². The summed E-state index contributed by atoms with van der Waals surface area (Å²) in [6, 6.07) is 7.04. The zero-order valence-electron chi connectivity index (χ0n) is 10.2. The zero-order chi connectivity index (χ0) is 11.6. The standard InChI is InChI=1S/C14H20FN/c1-3-16-10-8-14(2,9-11-16)12-4-6-13(15)7-5-12/h4-7H,3,8-11H2,1-2H3. The van der Waals surface area contributed by atoms with Crippen LogP contribution >= 0.6 is 0 Å². The molecular weight excluding hydrogens is 201 g/mol. The van der Waals surface area contributed by atoms with E-state index in [1.807, 2.05) is 12.1 Å². The van der Waals surface area contributed by atoms with Crippen molar-refractivity contribution < 1.29 is 4.39 Å². The molecule has 2 rings (SSSR count). The molecule has 0 unspecified atom stereocenters. The van der Waals surface area contributed by atoms with E-state index in [2.05, 4.69) is 18.7 Å². The second-order valence-corrected chi connectivity index (χ2v) is 5.00. The van der Waals surface area contributed by atoms with Crippen LogP contribution in [0.5, 0.6) is 0 Å². The highest BCUT2D eigenvalue weighted by atomic mass is 19.1. The van der Waals surface area contributed by atoms with E-state index in [0.717, 1.165) is 19.6 Å². The minimum atomic E-state index is -0.140. The van der Waals surface area contributed by atoms with Gasteiger partial charge in [-0.3, -0.25) is 0 Å². The van der Waals surface area contributed by atoms with Crippen molar-refractivity contribution in [1.82, 2.24) is 4.90 Å². The van der Waals surface area contributed by atoms with E-state index in [-0.39, 0.29) is 11.2 Å². The molecule has 0 aromatic heterocycles. The van der Waals surface area contributed by atoms with Gasteiger partial charge in [0.2, 0.25) is 0 Å². The van der Waals surface area contributed by atoms with Gasteiger partial charge in [0.1, 0.15) is 5.82 Å². The second kappa shape index (κ2) is 4.54. The predicted molar refractivity (Wildman–Crippen MR) is 65.1 cm³/mol. The SMILES string of the molecule is CCN1CCC(C)(c2ccc(F)cc2)CC1. The molecule has 0 radical (unpaired) electrons. The number of halogens is 1. The van der Waals surface area contributed by atoms with Crippen LogP contribution in [0.3, 0.4) is 0 Å². The lowest BCUT2D eigenvalue weighted by atomic mass is 9.74. The molecule has 1 aliphatic rings. The van der Waals surface area contributed by atoms with E-state index in [9.17, 15) is 4.39 Å². The molecule has 1 fully saturated rings. The maximum Gasteiger partial charge on any atom is 0.123 e. The molecule has 0 spiro atoms. The van der Waals surface area contributed by atoms with Gasteiger partial charge in [0.25, 0.3) is 0 Å². The van der Waals surface area contributed by atoms with Crippen LogP contribution < -0.4 is 0 Å². The smallest absolute Gasteiger partial charge is 0.123 e. The monoisotopic (exact) mass is 221 g/mol. The lowest BCUT2D eigenvalue weighted by molar-refractivity contribution is 0.176. The van der Waals surface area contributed by atoms with Crippen molar-refractivity contribution in [2.75, 3.05) is 19.6 Å². The molecule has 1 aromatic rings. The lowest BCUT2D eigenvalue weighted by Crippen LogP contribution is -2.40. The Hall–Kier alpha value is -0.890. The van der Waals surface area contributed by atoms with E-state index in [1.54, 1.807) is 12.1 Å². The summed E-state index contributed by atoms with van der Waals surface area (Å²) in [5, 5.41) is 0. The third kappa shape index (κ3) is 2.27. The molecule has 0 aliphatic carbocycles. The van der Waals surface area contributed by atoms with Crippen molar-refractivity contribution in [3.8, 4) is 0 Å². The summed E-state index contributed by atoms with van der Waals surface area (Å²) in [6.07, 6.45) is 2.35. The Kier molecular flexibility index (Phi) is 3.29. The highest BCUT2D eigenvalue weighted by Gasteiger charge is 2.30. The largest absolute Gasteiger partial charge is 0.304 e. The molecule has 16 heavy (non-hydrogen) atoms. The van der Waals surface area contributed by atoms with Crippen molar-refractivity contribution in [2.24, 2.45) is 0 Å². The normalized spacial score (nSPS) is 20.9. The molecule has 1 aromatic carbocycles. The van der Waals surface area contributed by atoms with Crippen LogP contribution in [0.4, 0.5) is 4.39 Å². The quantitative estimate of drug-likeness (QED) is 0.741. The molecule has 1 aliphatic heterocycles. The number of benzene rings is 1. The number of rotatable bonds is 2. The first-order valence-electron chi connectivity index (χ1n) is 6.12. The number of nitrogens with zero attached hydrogens (tertiary/aromatic N) is 1. The van der Waals surface area contributed by atoms with Gasteiger partial charge in [0, 0.05) is 0 Å². The fourth-order valence-electron chi connectivity index (χ4n) is 2.50. The van der Waals surface area contributed by atoms with Crippen molar-refractivity contribution in [2.45, 2.75) is 32.1 Å². The van der Waals surface area contributed by atoms with Crippen LogP contribution in [0, 0.1) is 5.82 Å². The van der Waals surface area contributed by atoms with Gasteiger partial charge < -0.3 is 4.90 Å². The van der Waals surface area contributed by atoms with Crippen LogP contribution in [0.25, 0.3) is 0 Å². The van der Waals surface area contributed by atoms with Crippen molar-refractivity contribution >= 4 is 0 Å². The predicted octanol–water partition coefficient (Wildman–Crippen LogP) is 3.20. The maximum absolute atomic E-state index is 12.9. The van der Waals surface area contributed by atoms with Crippen LogP contribution in [-0.2, 0) is 5.41 Å². The third-order valence-corrected chi connectivity index (χ3v) is 3.95. The Morgan fingerprint density at radius 2 is 1.75 bits per heavy atom. The molecule has 1 saturated heterocycles. The lowest BCUT2D eigenvalue weighted by Gasteiger charge is -2.39. The summed E-state index contributed by atoms with van der Waals surface area (Å²) in [4.78, 5) is 2.48. The summed E-state index contributed by atoms with van der Waals surface area (Å²) in [5.74, 6) is -0.140. The first-order chi connectivity index (χ1) is 7.64. The third-order valence-electron chi connectivity index (χ3n) is 3.95. The van der Waals surface area contributed by atoms with E-state index in [0.29, 0.717) is 0 Å². The fourth-order valence-corrected chi connectivity index (χ4v) is 2.50. The number of hydrogen-bond acceptors (Lipinski definition) is 1. The zero-order valence-corrected chi connectivity index (χ0v) is 10.2. The second-order valence-electron chi connectivity index (χ2n) is 5.00. The Balaban J connectivity index is 2.11. The first kappa shape index (κ1) is 11.6. The number of likely N-dealkylation sites (tertiary alicyclic amines) is 1. The van der Waals surface area contributed by atoms with Crippen LogP contribution in [0.2, 0.25) is 0 Å². The highest BCUT2D eigenvalue weighted by molar-refractivity contribution is 5.25. The Morgan fingerprint density at radius 1 is 1.19 bits per heavy atom. The van der Waals surface area contributed by atoms with E-state index < -0.39 is 0 Å². The van der Waals surface area contributed by atoms with Gasteiger partial charge in [-0.1, -0.05) is 26.0 Å². The van der Waals surface area contributed by atoms with Gasteiger partial charge in [0.05, 0.1) is 0 Å². The van der Waals surface area contributed by atoms with Gasteiger partial charge >= 0.3 is 0 Å². The summed E-state index contributed by atoms with van der Waals surface area (Å²) < 4.78 is 12.9. The van der Waals surface area contributed by atoms with E-state index in [1.165, 1.54) is 18.4 Å². The van der Waals surface area contributed by atoms with Gasteiger partial charge in [-0.05, 0) is 55.6 Å². The average molecular weight is 221 g/mol. The van der Waals surface area contributed by atoms with Crippen molar-refractivity contribution in [3.63, 3.8) is 0 Å². The van der Waals surface area contributed by atoms with Crippen molar-refractivity contribution in [3.05, 3.63) is 35.6 Å². The van der Waals surface area contributed by atoms with Gasteiger partial charge in [0.15, 0.2) is 0 Å². The Morgan fingerprint density at radius 3 is 2.25 bits per heavy atom. The molecule has 0 bridgehead atoms.